The Labute approximate surface area is 135 Å². The summed E-state index contributed by atoms with van der Waals surface area (Å²) in [6.07, 6.45) is -8.38. The van der Waals surface area contributed by atoms with Gasteiger partial charge in [0.25, 0.3) is 0 Å². The highest BCUT2D eigenvalue weighted by Gasteiger charge is 2.45. The number of hydrogen-bond acceptors (Lipinski definition) is 2. The molecule has 1 rings (SSSR count). The fourth-order valence-electron chi connectivity index (χ4n) is 1.98. The van der Waals surface area contributed by atoms with Crippen LogP contribution in [-0.2, 0) is 16.5 Å². The van der Waals surface area contributed by atoms with Crippen LogP contribution in [0.4, 0.5) is 17.6 Å². The molecule has 3 atom stereocenters. The van der Waals surface area contributed by atoms with Gasteiger partial charge in [0.15, 0.2) is 6.10 Å². The molecule has 0 aliphatic carbocycles. The Hall–Kier alpha value is -0.990. The third-order valence-corrected chi connectivity index (χ3v) is 5.07. The van der Waals surface area contributed by atoms with Crippen molar-refractivity contribution in [1.82, 2.24) is 4.72 Å². The molecule has 0 saturated heterocycles. The van der Waals surface area contributed by atoms with E-state index in [9.17, 15) is 26.9 Å². The van der Waals surface area contributed by atoms with Crippen LogP contribution in [0.2, 0.25) is 0 Å². The van der Waals surface area contributed by atoms with Gasteiger partial charge in [-0.2, -0.15) is 13.2 Å². The van der Waals surface area contributed by atoms with Crippen LogP contribution in [0.3, 0.4) is 0 Å². The molecular weight excluding hydrogens is 334 g/mol. The van der Waals surface area contributed by atoms with Gasteiger partial charge in [-0.3, -0.25) is 0 Å². The maximum Gasteiger partial charge on any atom is 0.414 e. The van der Waals surface area contributed by atoms with Crippen LogP contribution in [0.25, 0.3) is 0 Å². The van der Waals surface area contributed by atoms with Crippen molar-refractivity contribution in [3.05, 3.63) is 35.6 Å². The zero-order valence-electron chi connectivity index (χ0n) is 13.4. The molecule has 1 unspecified atom stereocenters. The molecule has 3 nitrogen and oxygen atoms in total. The highest BCUT2D eigenvalue weighted by Crippen LogP contribution is 2.34. The molecule has 132 valence electrons. The Balaban J connectivity index is 3.26. The summed E-state index contributed by atoms with van der Waals surface area (Å²) in [5, 5.41) is 9.40. The van der Waals surface area contributed by atoms with Crippen LogP contribution < -0.4 is 4.72 Å². The van der Waals surface area contributed by atoms with Crippen molar-refractivity contribution in [2.45, 2.75) is 56.7 Å². The number of nitrogens with one attached hydrogen (secondary N) is 1. The van der Waals surface area contributed by atoms with Gasteiger partial charge in [-0.25, -0.2) is 13.3 Å². The van der Waals surface area contributed by atoms with Gasteiger partial charge in [0.05, 0.1) is 21.3 Å². The highest BCUT2D eigenvalue weighted by molar-refractivity contribution is 7.84. The zero-order chi connectivity index (χ0) is 18.1. The minimum absolute atomic E-state index is 0.0825. The smallest absolute Gasteiger partial charge is 0.384 e. The lowest BCUT2D eigenvalue weighted by Crippen LogP contribution is -2.50. The highest BCUT2D eigenvalue weighted by atomic mass is 32.2. The van der Waals surface area contributed by atoms with Crippen molar-refractivity contribution >= 4 is 11.0 Å². The Morgan fingerprint density at radius 3 is 2.13 bits per heavy atom. The lowest BCUT2D eigenvalue weighted by atomic mass is 9.87. The third-order valence-electron chi connectivity index (χ3n) is 3.32. The second-order valence-electron chi connectivity index (χ2n) is 6.56. The van der Waals surface area contributed by atoms with E-state index in [1.165, 1.54) is 25.1 Å². The molecule has 0 spiro atoms. The average Bonchev–Trinajstić information content (AvgIpc) is 2.36. The van der Waals surface area contributed by atoms with E-state index in [2.05, 4.69) is 4.72 Å². The van der Waals surface area contributed by atoms with Crippen molar-refractivity contribution in [2.24, 2.45) is 0 Å². The third kappa shape index (κ3) is 5.26. The normalized spacial score (nSPS) is 18.3. The van der Waals surface area contributed by atoms with E-state index >= 15 is 0 Å². The maximum atomic E-state index is 14.1. The van der Waals surface area contributed by atoms with E-state index in [0.717, 1.165) is 6.07 Å². The van der Waals surface area contributed by atoms with Crippen molar-refractivity contribution in [3.8, 4) is 0 Å². The van der Waals surface area contributed by atoms with Gasteiger partial charge in [0.2, 0.25) is 0 Å². The molecule has 1 aromatic carbocycles. The first-order chi connectivity index (χ1) is 10.3. The van der Waals surface area contributed by atoms with Gasteiger partial charge in [-0.15, -0.1) is 0 Å². The fourth-order valence-corrected chi connectivity index (χ4v) is 2.88. The number of rotatable bonds is 5. The summed E-state index contributed by atoms with van der Waals surface area (Å²) in [6, 6.07) is 5.29. The monoisotopic (exact) mass is 355 g/mol. The first-order valence-corrected chi connectivity index (χ1v) is 8.12. The minimum atomic E-state index is -4.85. The van der Waals surface area contributed by atoms with Gasteiger partial charge in [-0.05, 0) is 33.8 Å². The number of aliphatic hydroxyl groups is 1. The Kier molecular flexibility index (Phi) is 5.98. The first-order valence-electron chi connectivity index (χ1n) is 6.97. The summed E-state index contributed by atoms with van der Waals surface area (Å²) < 4.78 is 66.3. The van der Waals surface area contributed by atoms with E-state index in [-0.39, 0.29) is 5.56 Å². The van der Waals surface area contributed by atoms with E-state index in [4.69, 9.17) is 0 Å². The fraction of sp³-hybridized carbons (Fsp3) is 0.600. The predicted molar refractivity (Wildman–Crippen MR) is 81.5 cm³/mol. The Morgan fingerprint density at radius 2 is 1.70 bits per heavy atom. The van der Waals surface area contributed by atoms with E-state index in [0.29, 0.717) is 0 Å². The van der Waals surface area contributed by atoms with E-state index < -0.39 is 45.8 Å². The van der Waals surface area contributed by atoms with Crippen LogP contribution in [0, 0.1) is 5.82 Å². The number of benzene rings is 1. The summed E-state index contributed by atoms with van der Waals surface area (Å²) in [4.78, 5) is 0. The van der Waals surface area contributed by atoms with Gasteiger partial charge >= 0.3 is 6.18 Å². The summed E-state index contributed by atoms with van der Waals surface area (Å²) in [6.45, 7) is 6.21. The molecule has 0 aromatic heterocycles. The first kappa shape index (κ1) is 20.1. The number of hydrogen-bond donors (Lipinski definition) is 2. The molecule has 0 fully saturated rings. The molecule has 0 aliphatic rings. The Bertz CT molecular complexity index is 571. The van der Waals surface area contributed by atoms with E-state index in [1.807, 2.05) is 0 Å². The molecule has 0 heterocycles. The van der Waals surface area contributed by atoms with Crippen LogP contribution >= 0.6 is 0 Å². The molecule has 0 radical (unpaired) electrons. The zero-order valence-corrected chi connectivity index (χ0v) is 14.2. The summed E-state index contributed by atoms with van der Waals surface area (Å²) in [5.41, 5.74) is -1.74. The van der Waals surface area contributed by atoms with Gasteiger partial charge in [-0.1, -0.05) is 18.2 Å². The SMILES string of the molecule is CC(C)(C)S(=O)N[C@@](C)(C[C@@H](O)C(F)(F)F)c1ccccc1F. The molecule has 0 saturated carbocycles. The van der Waals surface area contributed by atoms with Crippen molar-refractivity contribution in [2.75, 3.05) is 0 Å². The average molecular weight is 355 g/mol. The number of aliphatic hydroxyl groups excluding tert-OH is 1. The molecule has 0 amide bonds. The van der Waals surface area contributed by atoms with Gasteiger partial charge in [0, 0.05) is 12.0 Å². The number of halogens is 4. The largest absolute Gasteiger partial charge is 0.414 e. The van der Waals surface area contributed by atoms with Gasteiger partial charge < -0.3 is 5.11 Å². The molecule has 23 heavy (non-hydrogen) atoms. The predicted octanol–water partition coefficient (Wildman–Crippen LogP) is 3.41. The standard InChI is InChI=1S/C15H21F4NO2S/c1-13(2,3)23(22)20-14(4,9-12(21)15(17,18)19)10-7-5-6-8-11(10)16/h5-8,12,20-21H,9H2,1-4H3/t12-,14+,23?/m1/s1. The molecule has 0 bridgehead atoms. The molecular formula is C15H21F4NO2S. The molecule has 8 heteroatoms. The lowest BCUT2D eigenvalue weighted by Gasteiger charge is -2.35. The van der Waals surface area contributed by atoms with Gasteiger partial charge in [0.1, 0.15) is 5.82 Å². The molecule has 1 aromatic rings. The second kappa shape index (κ2) is 6.86. The maximum absolute atomic E-state index is 14.1. The summed E-state index contributed by atoms with van der Waals surface area (Å²) in [5.74, 6) is -0.734. The van der Waals surface area contributed by atoms with E-state index in [1.54, 1.807) is 20.8 Å². The quantitative estimate of drug-likeness (QED) is 0.796. The van der Waals surface area contributed by atoms with Crippen LogP contribution in [0.1, 0.15) is 39.7 Å². The van der Waals surface area contributed by atoms with Crippen LogP contribution in [0.5, 0.6) is 0 Å². The minimum Gasteiger partial charge on any atom is -0.384 e. The number of alkyl halides is 3. The van der Waals surface area contributed by atoms with Crippen molar-refractivity contribution in [3.63, 3.8) is 0 Å². The van der Waals surface area contributed by atoms with Crippen molar-refractivity contribution in [1.29, 1.82) is 0 Å². The molecule has 0 aliphatic heterocycles. The lowest BCUT2D eigenvalue weighted by molar-refractivity contribution is -0.209. The summed E-state index contributed by atoms with van der Waals surface area (Å²) in [7, 11) is -1.75. The van der Waals surface area contributed by atoms with Crippen LogP contribution in [-0.4, -0.2) is 26.3 Å². The van der Waals surface area contributed by atoms with Crippen LogP contribution in [0.15, 0.2) is 24.3 Å². The van der Waals surface area contributed by atoms with Crippen molar-refractivity contribution < 1.29 is 26.9 Å². The Morgan fingerprint density at radius 1 is 1.17 bits per heavy atom. The molecule has 2 N–H and O–H groups in total. The topological polar surface area (TPSA) is 49.3 Å². The second-order valence-corrected chi connectivity index (χ2v) is 8.52. The summed E-state index contributed by atoms with van der Waals surface area (Å²) >= 11 is 0.